The lowest BCUT2D eigenvalue weighted by Crippen LogP contribution is -2.29. The van der Waals surface area contributed by atoms with E-state index in [-0.39, 0.29) is 5.69 Å². The van der Waals surface area contributed by atoms with Gasteiger partial charge in [-0.25, -0.2) is 14.3 Å². The van der Waals surface area contributed by atoms with Crippen molar-refractivity contribution in [2.24, 2.45) is 0 Å². The molecule has 0 aliphatic carbocycles. The first-order chi connectivity index (χ1) is 12.1. The van der Waals surface area contributed by atoms with Crippen LogP contribution in [0.1, 0.15) is 33.5 Å². The van der Waals surface area contributed by atoms with Gasteiger partial charge in [-0.05, 0) is 24.3 Å². The zero-order valence-corrected chi connectivity index (χ0v) is 13.4. The highest BCUT2D eigenvalue weighted by Gasteiger charge is 2.36. The number of aromatic nitrogens is 2. The van der Waals surface area contributed by atoms with Crippen molar-refractivity contribution in [3.05, 3.63) is 77.6 Å². The second-order valence-corrected chi connectivity index (χ2v) is 5.69. The van der Waals surface area contributed by atoms with Crippen molar-refractivity contribution in [3.63, 3.8) is 0 Å². The number of hydrogen-bond donors (Lipinski definition) is 0. The molecule has 2 aromatic carbocycles. The predicted molar refractivity (Wildman–Crippen MR) is 90.5 cm³/mol. The minimum Gasteiger partial charge on any atom is -0.301 e. The number of imide groups is 1. The zero-order valence-electron chi connectivity index (χ0n) is 13.4. The molecule has 0 radical (unpaired) electrons. The molecule has 0 unspecified atom stereocenters. The molecule has 1 aliphatic heterocycles. The van der Waals surface area contributed by atoms with Gasteiger partial charge in [-0.1, -0.05) is 19.1 Å². The fourth-order valence-electron chi connectivity index (χ4n) is 3.07. The lowest BCUT2D eigenvalue weighted by Gasteiger charge is -2.16. The minimum absolute atomic E-state index is 0.214. The fourth-order valence-corrected chi connectivity index (χ4v) is 3.07. The second-order valence-electron chi connectivity index (χ2n) is 5.69. The number of anilines is 1. The third kappa shape index (κ3) is 2.26. The van der Waals surface area contributed by atoms with Crippen molar-refractivity contribution in [1.82, 2.24) is 9.55 Å². The first-order valence-corrected chi connectivity index (χ1v) is 7.91. The average Bonchev–Trinajstić information content (AvgIpc) is 3.19. The van der Waals surface area contributed by atoms with E-state index in [0.717, 1.165) is 10.7 Å². The maximum absolute atomic E-state index is 14.7. The Kier molecular flexibility index (Phi) is 3.46. The highest BCUT2D eigenvalue weighted by molar-refractivity contribution is 6.34. The van der Waals surface area contributed by atoms with Crippen LogP contribution in [0.15, 0.2) is 54.9 Å². The number of carbonyl (C=O) groups is 2. The summed E-state index contributed by atoms with van der Waals surface area (Å²) in [5, 5.41) is 0. The summed E-state index contributed by atoms with van der Waals surface area (Å²) in [4.78, 5) is 30.2. The molecule has 0 atom stereocenters. The van der Waals surface area contributed by atoms with E-state index in [4.69, 9.17) is 0 Å². The maximum Gasteiger partial charge on any atom is 0.266 e. The van der Waals surface area contributed by atoms with Gasteiger partial charge in [0.2, 0.25) is 0 Å². The smallest absolute Gasteiger partial charge is 0.266 e. The summed E-state index contributed by atoms with van der Waals surface area (Å²) in [6, 6.07) is 10.9. The number of carbonyl (C=O) groups excluding carboxylic acids is 2. The standard InChI is InChI=1S/C19H14FN3O2/c1-2-17-21-9-10-22(17)16-8-7-12(11-15(16)20)23-18(24)13-5-3-4-6-14(13)19(23)25/h3-11H,2H2,1H3. The van der Waals surface area contributed by atoms with E-state index in [1.165, 1.54) is 6.07 Å². The molecule has 0 saturated carbocycles. The Morgan fingerprint density at radius 3 is 2.32 bits per heavy atom. The van der Waals surface area contributed by atoms with Gasteiger partial charge in [0.25, 0.3) is 11.8 Å². The Hall–Kier alpha value is -3.28. The third-order valence-corrected chi connectivity index (χ3v) is 4.28. The number of aryl methyl sites for hydroxylation is 1. The van der Waals surface area contributed by atoms with E-state index in [2.05, 4.69) is 4.98 Å². The molecule has 5 nitrogen and oxygen atoms in total. The second kappa shape index (κ2) is 5.66. The number of fused-ring (bicyclic) bond motifs is 1. The van der Waals surface area contributed by atoms with Crippen LogP contribution in [0.4, 0.5) is 10.1 Å². The summed E-state index contributed by atoms with van der Waals surface area (Å²) in [5.74, 6) is -0.677. The van der Waals surface area contributed by atoms with Crippen LogP contribution in [0.2, 0.25) is 0 Å². The van der Waals surface area contributed by atoms with Crippen molar-refractivity contribution in [2.45, 2.75) is 13.3 Å². The Morgan fingerprint density at radius 1 is 1.04 bits per heavy atom. The van der Waals surface area contributed by atoms with Crippen LogP contribution >= 0.6 is 0 Å². The van der Waals surface area contributed by atoms with E-state index in [1.54, 1.807) is 53.4 Å². The molecule has 0 fully saturated rings. The topological polar surface area (TPSA) is 55.2 Å². The summed E-state index contributed by atoms with van der Waals surface area (Å²) in [7, 11) is 0. The number of nitrogens with zero attached hydrogens (tertiary/aromatic N) is 3. The van der Waals surface area contributed by atoms with Gasteiger partial charge in [0.1, 0.15) is 11.6 Å². The van der Waals surface area contributed by atoms with E-state index in [1.807, 2.05) is 6.92 Å². The number of benzene rings is 2. The molecular formula is C19H14FN3O2. The highest BCUT2D eigenvalue weighted by atomic mass is 19.1. The number of hydrogen-bond acceptors (Lipinski definition) is 3. The van der Waals surface area contributed by atoms with Crippen molar-refractivity contribution in [3.8, 4) is 5.69 Å². The van der Waals surface area contributed by atoms with Gasteiger partial charge in [0.05, 0.1) is 22.5 Å². The number of amides is 2. The maximum atomic E-state index is 14.7. The largest absolute Gasteiger partial charge is 0.301 e. The SMILES string of the molecule is CCc1nccn1-c1ccc(N2C(=O)c3ccccc3C2=O)cc1F. The third-order valence-electron chi connectivity index (χ3n) is 4.28. The summed E-state index contributed by atoms with van der Waals surface area (Å²) < 4.78 is 16.3. The number of rotatable bonds is 3. The monoisotopic (exact) mass is 335 g/mol. The summed E-state index contributed by atoms with van der Waals surface area (Å²) >= 11 is 0. The first-order valence-electron chi connectivity index (χ1n) is 7.91. The molecule has 1 aliphatic rings. The van der Waals surface area contributed by atoms with Crippen LogP contribution in [0.25, 0.3) is 5.69 Å². The molecule has 6 heteroatoms. The quantitative estimate of drug-likeness (QED) is 0.690. The van der Waals surface area contributed by atoms with Gasteiger partial charge in [-0.15, -0.1) is 0 Å². The summed E-state index contributed by atoms with van der Waals surface area (Å²) in [6.07, 6.45) is 3.95. The van der Waals surface area contributed by atoms with Gasteiger partial charge in [-0.3, -0.25) is 9.59 Å². The van der Waals surface area contributed by atoms with Gasteiger partial charge in [0, 0.05) is 24.9 Å². The highest BCUT2D eigenvalue weighted by Crippen LogP contribution is 2.30. The molecule has 124 valence electrons. The Bertz CT molecular complexity index is 974. The van der Waals surface area contributed by atoms with Gasteiger partial charge in [0.15, 0.2) is 0 Å². The Balaban J connectivity index is 1.75. The molecule has 1 aromatic heterocycles. The van der Waals surface area contributed by atoms with E-state index < -0.39 is 17.6 Å². The molecule has 2 heterocycles. The van der Waals surface area contributed by atoms with E-state index in [0.29, 0.717) is 23.2 Å². The molecular weight excluding hydrogens is 321 g/mol. The fraction of sp³-hybridized carbons (Fsp3) is 0.105. The first kappa shape index (κ1) is 15.3. The molecule has 25 heavy (non-hydrogen) atoms. The van der Waals surface area contributed by atoms with Gasteiger partial charge >= 0.3 is 0 Å². The molecule has 0 bridgehead atoms. The van der Waals surface area contributed by atoms with Crippen LogP contribution in [0, 0.1) is 5.82 Å². The molecule has 4 rings (SSSR count). The summed E-state index contributed by atoms with van der Waals surface area (Å²) in [6.45, 7) is 1.93. The van der Waals surface area contributed by atoms with Crippen LogP contribution in [0.3, 0.4) is 0 Å². The average molecular weight is 335 g/mol. The normalized spacial score (nSPS) is 13.4. The van der Waals surface area contributed by atoms with Crippen LogP contribution in [0.5, 0.6) is 0 Å². The lowest BCUT2D eigenvalue weighted by molar-refractivity contribution is 0.0926. The van der Waals surface area contributed by atoms with Crippen LogP contribution in [-0.4, -0.2) is 21.4 Å². The minimum atomic E-state index is -0.526. The van der Waals surface area contributed by atoms with Crippen molar-refractivity contribution in [2.75, 3.05) is 4.90 Å². The predicted octanol–water partition coefficient (Wildman–Crippen LogP) is 3.37. The van der Waals surface area contributed by atoms with Gasteiger partial charge < -0.3 is 4.57 Å². The van der Waals surface area contributed by atoms with Crippen molar-refractivity contribution < 1.29 is 14.0 Å². The summed E-state index contributed by atoms with van der Waals surface area (Å²) in [5.41, 5.74) is 1.21. The Labute approximate surface area is 143 Å². The molecule has 3 aromatic rings. The molecule has 0 saturated heterocycles. The van der Waals surface area contributed by atoms with Gasteiger partial charge in [-0.2, -0.15) is 0 Å². The van der Waals surface area contributed by atoms with Crippen LogP contribution < -0.4 is 4.90 Å². The van der Waals surface area contributed by atoms with Crippen molar-refractivity contribution in [1.29, 1.82) is 0 Å². The van der Waals surface area contributed by atoms with Crippen molar-refractivity contribution >= 4 is 17.5 Å². The van der Waals surface area contributed by atoms with Crippen LogP contribution in [-0.2, 0) is 6.42 Å². The Morgan fingerprint density at radius 2 is 1.72 bits per heavy atom. The van der Waals surface area contributed by atoms with E-state index >= 15 is 0 Å². The molecule has 2 amide bonds. The molecule has 0 spiro atoms. The molecule has 0 N–H and O–H groups in total. The lowest BCUT2D eigenvalue weighted by atomic mass is 10.1. The number of halogens is 1. The van der Waals surface area contributed by atoms with E-state index in [9.17, 15) is 14.0 Å². The zero-order chi connectivity index (χ0) is 17.6. The number of imidazole rings is 1.